The minimum Gasteiger partial charge on any atom is -0.464 e. The van der Waals surface area contributed by atoms with Crippen LogP contribution in [0, 0.1) is 5.82 Å². The molecular weight excluding hydrogens is 493 g/mol. The van der Waals surface area contributed by atoms with Crippen LogP contribution < -0.4 is 10.1 Å². The van der Waals surface area contributed by atoms with Crippen LogP contribution in [0.15, 0.2) is 59.2 Å². The molecule has 2 aromatic carbocycles. The number of piperidine rings is 1. The van der Waals surface area contributed by atoms with Crippen molar-refractivity contribution in [3.05, 3.63) is 71.3 Å². The molecule has 1 N–H and O–H groups in total. The number of hydrogen-bond acceptors (Lipinski definition) is 6. The second-order valence-electron chi connectivity index (χ2n) is 9.52. The summed E-state index contributed by atoms with van der Waals surface area (Å²) >= 11 is 1.53. The number of rotatable bonds is 6. The smallest absolute Gasteiger partial charge is 0.412 e. The molecule has 0 unspecified atom stereocenters. The number of furan rings is 1. The van der Waals surface area contributed by atoms with Gasteiger partial charge in [-0.05, 0) is 68.0 Å². The molecule has 3 heterocycles. The first-order valence-electron chi connectivity index (χ1n) is 12.6. The second kappa shape index (κ2) is 9.97. The van der Waals surface area contributed by atoms with Gasteiger partial charge in [0.05, 0.1) is 21.5 Å². The van der Waals surface area contributed by atoms with Crippen molar-refractivity contribution in [2.75, 3.05) is 13.1 Å². The maximum atomic E-state index is 13.8. The van der Waals surface area contributed by atoms with E-state index < -0.39 is 6.09 Å². The number of aromatic nitrogens is 1. The van der Waals surface area contributed by atoms with Crippen LogP contribution in [0.1, 0.15) is 53.5 Å². The molecule has 6 rings (SSSR count). The largest absolute Gasteiger partial charge is 0.464 e. The SMILES string of the molecule is O=C(NC[C@@H]1CCCCN1C(=O)c1nc(C2CC2)sc1-c1ccc(F)cc1)Oc1cccc2occc12. The number of likely N-dealkylation sites (tertiary alicyclic amines) is 1. The van der Waals surface area contributed by atoms with E-state index >= 15 is 0 Å². The van der Waals surface area contributed by atoms with E-state index in [1.807, 2.05) is 4.90 Å². The third-order valence-electron chi connectivity index (χ3n) is 6.91. The number of nitrogens with one attached hydrogen (secondary N) is 1. The van der Waals surface area contributed by atoms with Crippen LogP contribution in [-0.2, 0) is 0 Å². The molecule has 0 spiro atoms. The van der Waals surface area contributed by atoms with E-state index in [0.29, 0.717) is 29.5 Å². The Balaban J connectivity index is 1.19. The number of nitrogens with zero attached hydrogens (tertiary/aromatic N) is 2. The van der Waals surface area contributed by atoms with Crippen LogP contribution in [0.3, 0.4) is 0 Å². The first-order valence-corrected chi connectivity index (χ1v) is 13.4. The van der Waals surface area contributed by atoms with Crippen molar-refractivity contribution in [3.8, 4) is 16.2 Å². The highest BCUT2D eigenvalue weighted by Gasteiger charge is 2.34. The lowest BCUT2D eigenvalue weighted by Crippen LogP contribution is -2.50. The molecule has 1 atom stereocenters. The van der Waals surface area contributed by atoms with Crippen molar-refractivity contribution in [2.24, 2.45) is 0 Å². The molecule has 0 radical (unpaired) electrons. The minimum atomic E-state index is -0.580. The van der Waals surface area contributed by atoms with Gasteiger partial charge in [0.15, 0.2) is 0 Å². The molecule has 190 valence electrons. The Bertz CT molecular complexity index is 1440. The summed E-state index contributed by atoms with van der Waals surface area (Å²) in [7, 11) is 0. The Kier molecular flexibility index (Phi) is 6.38. The van der Waals surface area contributed by atoms with Crippen LogP contribution in [0.2, 0.25) is 0 Å². The zero-order valence-electron chi connectivity index (χ0n) is 20.1. The lowest BCUT2D eigenvalue weighted by atomic mass is 10.0. The van der Waals surface area contributed by atoms with Crippen molar-refractivity contribution in [1.82, 2.24) is 15.2 Å². The molecule has 37 heavy (non-hydrogen) atoms. The Labute approximate surface area is 217 Å². The van der Waals surface area contributed by atoms with E-state index in [2.05, 4.69) is 5.32 Å². The maximum Gasteiger partial charge on any atom is 0.412 e. The average molecular weight is 520 g/mol. The molecule has 7 nitrogen and oxygen atoms in total. The Morgan fingerprint density at radius 3 is 2.76 bits per heavy atom. The first-order chi connectivity index (χ1) is 18.1. The molecule has 9 heteroatoms. The van der Waals surface area contributed by atoms with Crippen LogP contribution in [0.25, 0.3) is 21.4 Å². The number of carbonyl (C=O) groups excluding carboxylic acids is 2. The van der Waals surface area contributed by atoms with Gasteiger partial charge >= 0.3 is 6.09 Å². The van der Waals surface area contributed by atoms with Crippen LogP contribution >= 0.6 is 11.3 Å². The van der Waals surface area contributed by atoms with Crippen LogP contribution in [0.4, 0.5) is 9.18 Å². The molecule has 1 aliphatic heterocycles. The number of hydrogen-bond donors (Lipinski definition) is 1. The predicted molar refractivity (Wildman–Crippen MR) is 138 cm³/mol. The summed E-state index contributed by atoms with van der Waals surface area (Å²) in [5.74, 6) is 0.352. The third kappa shape index (κ3) is 4.96. The fourth-order valence-corrected chi connectivity index (χ4v) is 6.02. The van der Waals surface area contributed by atoms with E-state index in [1.54, 1.807) is 42.7 Å². The van der Waals surface area contributed by atoms with Crippen molar-refractivity contribution < 1.29 is 23.1 Å². The van der Waals surface area contributed by atoms with E-state index in [9.17, 15) is 14.0 Å². The molecule has 2 fully saturated rings. The van der Waals surface area contributed by atoms with E-state index in [1.165, 1.54) is 23.5 Å². The topological polar surface area (TPSA) is 84.7 Å². The van der Waals surface area contributed by atoms with Gasteiger partial charge in [-0.2, -0.15) is 0 Å². The molecule has 2 aliphatic rings. The predicted octanol–water partition coefficient (Wildman–Crippen LogP) is 6.36. The number of ether oxygens (including phenoxy) is 1. The van der Waals surface area contributed by atoms with Crippen molar-refractivity contribution in [3.63, 3.8) is 0 Å². The monoisotopic (exact) mass is 519 g/mol. The maximum absolute atomic E-state index is 13.8. The average Bonchev–Trinajstić information content (AvgIpc) is 3.48. The Hall–Kier alpha value is -3.72. The van der Waals surface area contributed by atoms with Gasteiger partial charge in [0.25, 0.3) is 5.91 Å². The lowest BCUT2D eigenvalue weighted by Gasteiger charge is -2.35. The van der Waals surface area contributed by atoms with E-state index in [0.717, 1.165) is 52.9 Å². The number of fused-ring (bicyclic) bond motifs is 1. The van der Waals surface area contributed by atoms with Crippen LogP contribution in [-0.4, -0.2) is 41.0 Å². The van der Waals surface area contributed by atoms with Crippen molar-refractivity contribution in [1.29, 1.82) is 0 Å². The highest BCUT2D eigenvalue weighted by molar-refractivity contribution is 7.15. The van der Waals surface area contributed by atoms with Gasteiger partial charge in [0, 0.05) is 25.0 Å². The molecule has 4 aromatic rings. The lowest BCUT2D eigenvalue weighted by molar-refractivity contribution is 0.0607. The second-order valence-corrected chi connectivity index (χ2v) is 10.5. The first kappa shape index (κ1) is 23.7. The number of thiazole rings is 1. The van der Waals surface area contributed by atoms with Gasteiger partial charge in [0.1, 0.15) is 22.8 Å². The molecule has 1 saturated heterocycles. The van der Waals surface area contributed by atoms with Crippen LogP contribution in [0.5, 0.6) is 5.75 Å². The highest BCUT2D eigenvalue weighted by Crippen LogP contribution is 2.45. The summed E-state index contributed by atoms with van der Waals surface area (Å²) in [5.41, 5.74) is 1.84. The fraction of sp³-hybridized carbons (Fsp3) is 0.321. The minimum absolute atomic E-state index is 0.148. The molecule has 1 aliphatic carbocycles. The van der Waals surface area contributed by atoms with Gasteiger partial charge < -0.3 is 19.4 Å². The normalized spacial score (nSPS) is 17.6. The van der Waals surface area contributed by atoms with Gasteiger partial charge in [-0.1, -0.05) is 18.2 Å². The molecule has 2 aromatic heterocycles. The van der Waals surface area contributed by atoms with E-state index in [-0.39, 0.29) is 24.3 Å². The molecular formula is C28H26FN3O4S. The van der Waals surface area contributed by atoms with Gasteiger partial charge in [-0.15, -0.1) is 11.3 Å². The van der Waals surface area contributed by atoms with Gasteiger partial charge in [-0.3, -0.25) is 4.79 Å². The number of halogens is 1. The molecule has 0 bridgehead atoms. The summed E-state index contributed by atoms with van der Waals surface area (Å²) < 4.78 is 24.4. The molecule has 2 amide bonds. The Morgan fingerprint density at radius 2 is 1.95 bits per heavy atom. The third-order valence-corrected chi connectivity index (χ3v) is 8.17. The summed E-state index contributed by atoms with van der Waals surface area (Å²) in [6, 6.07) is 13.1. The van der Waals surface area contributed by atoms with Crippen molar-refractivity contribution >= 4 is 34.3 Å². The van der Waals surface area contributed by atoms with Crippen molar-refractivity contribution in [2.45, 2.75) is 44.1 Å². The number of amides is 2. The zero-order chi connectivity index (χ0) is 25.4. The summed E-state index contributed by atoms with van der Waals surface area (Å²) in [6.45, 7) is 0.866. The quantitative estimate of drug-likeness (QED) is 0.321. The Morgan fingerprint density at radius 1 is 1.11 bits per heavy atom. The van der Waals surface area contributed by atoms with Gasteiger partial charge in [-0.25, -0.2) is 14.2 Å². The number of carbonyl (C=O) groups is 2. The summed E-state index contributed by atoms with van der Waals surface area (Å²) in [4.78, 5) is 33.8. The summed E-state index contributed by atoms with van der Waals surface area (Å²) in [5, 5.41) is 4.52. The van der Waals surface area contributed by atoms with E-state index in [4.69, 9.17) is 14.1 Å². The number of benzene rings is 2. The summed E-state index contributed by atoms with van der Waals surface area (Å²) in [6.07, 6.45) is 5.76. The fourth-order valence-electron chi connectivity index (χ4n) is 4.79. The van der Waals surface area contributed by atoms with Gasteiger partial charge in [0.2, 0.25) is 0 Å². The highest BCUT2D eigenvalue weighted by atomic mass is 32.1. The standard InChI is InChI=1S/C28H26FN3O4S/c29-19-11-9-17(10-12-19)25-24(31-26(37-25)18-7-8-18)27(33)32-14-2-1-4-20(32)16-30-28(34)36-23-6-3-5-22-21(23)13-15-35-22/h3,5-6,9-13,15,18,20H,1-2,4,7-8,14,16H2,(H,30,34)/t20-/m0/s1. The molecule has 1 saturated carbocycles. The zero-order valence-corrected chi connectivity index (χ0v) is 20.9.